The highest BCUT2D eigenvalue weighted by Crippen LogP contribution is 2.34. The summed E-state index contributed by atoms with van der Waals surface area (Å²) in [5.41, 5.74) is 4.15. The number of fused-ring (bicyclic) bond motifs is 1. The van der Waals surface area contributed by atoms with Crippen molar-refractivity contribution in [1.82, 2.24) is 29.9 Å². The summed E-state index contributed by atoms with van der Waals surface area (Å²) in [5.74, 6) is 0.598. The van der Waals surface area contributed by atoms with E-state index in [1.54, 1.807) is 11.1 Å². The van der Waals surface area contributed by atoms with Crippen LogP contribution >= 0.6 is 0 Å². The maximum Gasteiger partial charge on any atom is 0.410 e. The number of rotatable bonds is 5. The van der Waals surface area contributed by atoms with Gasteiger partial charge >= 0.3 is 6.09 Å². The lowest BCUT2D eigenvalue weighted by atomic mass is 10.0. The van der Waals surface area contributed by atoms with Gasteiger partial charge in [0, 0.05) is 54.8 Å². The van der Waals surface area contributed by atoms with Gasteiger partial charge in [0.25, 0.3) is 0 Å². The van der Waals surface area contributed by atoms with Crippen molar-refractivity contribution in [2.75, 3.05) is 26.3 Å². The van der Waals surface area contributed by atoms with Gasteiger partial charge in [-0.3, -0.25) is 0 Å². The van der Waals surface area contributed by atoms with E-state index in [1.165, 1.54) is 0 Å². The smallest absolute Gasteiger partial charge is 0.410 e. The average Bonchev–Trinajstić information content (AvgIpc) is 3.65. The Hall–Kier alpha value is -4.43. The number of amides is 1. The molecule has 1 amide bonds. The number of piperidine rings is 1. The molecule has 11 heteroatoms. The maximum absolute atomic E-state index is 12.4. The lowest BCUT2D eigenvalue weighted by Gasteiger charge is -2.33. The van der Waals surface area contributed by atoms with Crippen LogP contribution in [0.4, 0.5) is 4.79 Å². The Morgan fingerprint density at radius 2 is 1.90 bits per heavy atom. The van der Waals surface area contributed by atoms with Crippen molar-refractivity contribution >= 4 is 17.1 Å². The van der Waals surface area contributed by atoms with Gasteiger partial charge in [0.2, 0.25) is 0 Å². The van der Waals surface area contributed by atoms with Crippen molar-refractivity contribution in [3.63, 3.8) is 0 Å². The molecule has 0 unspecified atom stereocenters. The average molecular weight is 570 g/mol. The zero-order valence-electron chi connectivity index (χ0n) is 24.2. The van der Waals surface area contributed by atoms with Crippen LogP contribution in [0.2, 0.25) is 0 Å². The molecule has 2 fully saturated rings. The predicted molar refractivity (Wildman–Crippen MR) is 156 cm³/mol. The van der Waals surface area contributed by atoms with Crippen molar-refractivity contribution in [2.45, 2.75) is 64.2 Å². The maximum atomic E-state index is 12.4. The van der Waals surface area contributed by atoms with E-state index in [0.29, 0.717) is 37.6 Å². The molecule has 3 aromatic heterocycles. The van der Waals surface area contributed by atoms with Crippen molar-refractivity contribution < 1.29 is 19.0 Å². The number of likely N-dealkylation sites (tertiary alicyclic amines) is 1. The van der Waals surface area contributed by atoms with Crippen LogP contribution in [0.5, 0.6) is 5.75 Å². The summed E-state index contributed by atoms with van der Waals surface area (Å²) in [4.78, 5) is 22.1. The molecule has 11 nitrogen and oxygen atoms in total. The van der Waals surface area contributed by atoms with E-state index >= 15 is 0 Å². The van der Waals surface area contributed by atoms with Crippen molar-refractivity contribution in [1.29, 1.82) is 5.26 Å². The van der Waals surface area contributed by atoms with Crippen LogP contribution < -0.4 is 4.74 Å². The van der Waals surface area contributed by atoms with E-state index in [9.17, 15) is 10.1 Å². The van der Waals surface area contributed by atoms with E-state index in [4.69, 9.17) is 14.2 Å². The summed E-state index contributed by atoms with van der Waals surface area (Å²) in [5, 5.41) is 19.6. The first-order valence-electron chi connectivity index (χ1n) is 14.4. The second kappa shape index (κ2) is 11.4. The monoisotopic (exact) mass is 569 g/mol. The van der Waals surface area contributed by atoms with Gasteiger partial charge in [-0.1, -0.05) is 11.3 Å². The van der Waals surface area contributed by atoms with E-state index in [2.05, 4.69) is 26.3 Å². The molecule has 2 saturated heterocycles. The van der Waals surface area contributed by atoms with Gasteiger partial charge in [0.15, 0.2) is 0 Å². The highest BCUT2D eigenvalue weighted by Gasteiger charge is 2.28. The van der Waals surface area contributed by atoms with Crippen molar-refractivity contribution in [3.05, 3.63) is 48.4 Å². The molecule has 2 aliphatic heterocycles. The lowest BCUT2D eigenvalue weighted by Crippen LogP contribution is -2.42. The van der Waals surface area contributed by atoms with Crippen LogP contribution in [0, 0.1) is 11.3 Å². The van der Waals surface area contributed by atoms with Crippen LogP contribution in [0.25, 0.3) is 33.4 Å². The number of nitrogens with zero attached hydrogens (tertiary/aromatic N) is 6. The molecule has 0 atom stereocenters. The summed E-state index contributed by atoms with van der Waals surface area (Å²) in [6.07, 6.45) is 8.61. The highest BCUT2D eigenvalue weighted by molar-refractivity contribution is 5.95. The standard InChI is InChI=1S/C31H35N7O4/c1-31(2,3)42-30(39)37-10-6-23(7-11-37)38-19-27(35-36-38)22-15-25-26(18-34-29(25)33-17-22)20-4-5-28(21(14-20)16-32)41-24-8-12-40-13-9-24/h4-5,14-15,17-19,23-24H,6-13H2,1-3H3,(H,33,34). The normalized spacial score (nSPS) is 16.9. The molecular weight excluding hydrogens is 534 g/mol. The first-order valence-corrected chi connectivity index (χ1v) is 14.4. The highest BCUT2D eigenvalue weighted by atomic mass is 16.6. The SMILES string of the molecule is CC(C)(C)OC(=O)N1CCC(n2cc(-c3cnc4[nH]cc(-c5ccc(OC6CCOCC6)c(C#N)c5)c4c3)nn2)CC1. The van der Waals surface area contributed by atoms with Gasteiger partial charge in [-0.05, 0) is 57.4 Å². The number of hydrogen-bond acceptors (Lipinski definition) is 8. The second-order valence-electron chi connectivity index (χ2n) is 11.9. The second-order valence-corrected chi connectivity index (χ2v) is 11.9. The fourth-order valence-electron chi connectivity index (χ4n) is 5.47. The molecule has 0 saturated carbocycles. The summed E-state index contributed by atoms with van der Waals surface area (Å²) in [6.45, 7) is 8.20. The minimum atomic E-state index is -0.510. The number of aromatic nitrogens is 5. The fourth-order valence-corrected chi connectivity index (χ4v) is 5.47. The number of pyridine rings is 1. The third-order valence-corrected chi connectivity index (χ3v) is 7.70. The Kier molecular flexibility index (Phi) is 7.56. The summed E-state index contributed by atoms with van der Waals surface area (Å²) >= 11 is 0. The molecule has 0 radical (unpaired) electrons. The zero-order valence-corrected chi connectivity index (χ0v) is 24.2. The van der Waals surface area contributed by atoms with Crippen molar-refractivity contribution in [2.24, 2.45) is 0 Å². The van der Waals surface area contributed by atoms with Crippen LogP contribution in [-0.4, -0.2) is 74.0 Å². The third kappa shape index (κ3) is 5.94. The van der Waals surface area contributed by atoms with Gasteiger partial charge in [0.05, 0.1) is 31.0 Å². The number of carbonyl (C=O) groups is 1. The molecule has 2 aliphatic rings. The predicted octanol–water partition coefficient (Wildman–Crippen LogP) is 5.49. The van der Waals surface area contributed by atoms with Crippen LogP contribution in [0.15, 0.2) is 42.9 Å². The summed E-state index contributed by atoms with van der Waals surface area (Å²) in [6, 6.07) is 10.2. The number of aromatic amines is 1. The Morgan fingerprint density at radius 3 is 2.64 bits per heavy atom. The van der Waals surface area contributed by atoms with E-state index in [-0.39, 0.29) is 18.2 Å². The summed E-state index contributed by atoms with van der Waals surface area (Å²) in [7, 11) is 0. The molecule has 6 rings (SSSR count). The minimum absolute atomic E-state index is 0.0579. The third-order valence-electron chi connectivity index (χ3n) is 7.70. The van der Waals surface area contributed by atoms with Gasteiger partial charge < -0.3 is 24.1 Å². The molecule has 0 bridgehead atoms. The molecule has 218 valence electrons. The fraction of sp³-hybridized carbons (Fsp3) is 0.452. The number of carbonyl (C=O) groups excluding carboxylic acids is 1. The Bertz CT molecular complexity index is 1620. The van der Waals surface area contributed by atoms with Crippen LogP contribution in [-0.2, 0) is 9.47 Å². The molecule has 42 heavy (non-hydrogen) atoms. The first-order chi connectivity index (χ1) is 20.3. The summed E-state index contributed by atoms with van der Waals surface area (Å²) < 4.78 is 19.0. The van der Waals surface area contributed by atoms with Crippen molar-refractivity contribution in [3.8, 4) is 34.2 Å². The Balaban J connectivity index is 1.18. The van der Waals surface area contributed by atoms with E-state index < -0.39 is 5.60 Å². The van der Waals surface area contributed by atoms with Gasteiger partial charge in [-0.15, -0.1) is 5.10 Å². The molecule has 0 spiro atoms. The van der Waals surface area contributed by atoms with E-state index in [1.807, 2.05) is 62.1 Å². The van der Waals surface area contributed by atoms with E-state index in [0.717, 1.165) is 59.1 Å². The molecule has 1 aromatic carbocycles. The van der Waals surface area contributed by atoms with Gasteiger partial charge in [0.1, 0.15) is 34.9 Å². The molecule has 5 heterocycles. The molecule has 4 aromatic rings. The number of nitriles is 1. The van der Waals surface area contributed by atoms with Gasteiger partial charge in [-0.25, -0.2) is 14.5 Å². The number of H-pyrrole nitrogens is 1. The Morgan fingerprint density at radius 1 is 1.12 bits per heavy atom. The Labute approximate surface area is 244 Å². The van der Waals surface area contributed by atoms with Gasteiger partial charge in [-0.2, -0.15) is 5.26 Å². The first kappa shape index (κ1) is 27.7. The van der Waals surface area contributed by atoms with Crippen LogP contribution in [0.1, 0.15) is 58.1 Å². The number of ether oxygens (including phenoxy) is 3. The topological polar surface area (TPSA) is 131 Å². The number of nitrogens with one attached hydrogen (secondary N) is 1. The zero-order chi connectivity index (χ0) is 29.3. The quantitative estimate of drug-likeness (QED) is 0.334. The van der Waals surface area contributed by atoms with Crippen LogP contribution in [0.3, 0.4) is 0 Å². The number of hydrogen-bond donors (Lipinski definition) is 1. The molecule has 1 N–H and O–H groups in total. The molecular formula is C31H35N7O4. The lowest BCUT2D eigenvalue weighted by molar-refractivity contribution is 0.0184. The minimum Gasteiger partial charge on any atom is -0.489 e. The largest absolute Gasteiger partial charge is 0.489 e. The number of benzene rings is 1. The molecule has 0 aliphatic carbocycles.